The molecular weight excluding hydrogens is 571 g/mol. The number of hydrogen-bond acceptors (Lipinski definition) is 9. The highest BCUT2D eigenvalue weighted by molar-refractivity contribution is 7.89. The number of pyridine rings is 1. The lowest BCUT2D eigenvalue weighted by Crippen LogP contribution is -2.43. The van der Waals surface area contributed by atoms with E-state index in [1.54, 1.807) is 4.90 Å². The van der Waals surface area contributed by atoms with Crippen LogP contribution in [0.15, 0.2) is 29.4 Å². The molecule has 16 heteroatoms. The number of carbonyl (C=O) groups excluding carboxylic acids is 1. The maximum atomic E-state index is 13.4. The molecule has 0 aromatic carbocycles. The molecule has 0 atom stereocenters. The van der Waals surface area contributed by atoms with E-state index in [2.05, 4.69) is 19.9 Å². The molecule has 0 unspecified atom stereocenters. The molecular formula is C24H22F3N7O4S2. The summed E-state index contributed by atoms with van der Waals surface area (Å²) < 4.78 is 75.5. The molecule has 6 rings (SSSR count). The first-order valence-electron chi connectivity index (χ1n) is 12.3. The van der Waals surface area contributed by atoms with E-state index < -0.39 is 32.3 Å². The molecule has 0 spiro atoms. The number of fused-ring (bicyclic) bond motifs is 1. The second kappa shape index (κ2) is 9.06. The topological polar surface area (TPSA) is 143 Å². The minimum Gasteiger partial charge on any atom is -0.368 e. The Kier molecular flexibility index (Phi) is 6.07. The van der Waals surface area contributed by atoms with Gasteiger partial charge in [-0.1, -0.05) is 17.4 Å². The fourth-order valence-corrected chi connectivity index (χ4v) is 6.85. The fraction of sp³-hybridized carbons (Fsp3) is 0.458. The van der Waals surface area contributed by atoms with E-state index in [4.69, 9.17) is 4.74 Å². The van der Waals surface area contributed by atoms with Crippen molar-refractivity contribution in [1.82, 2.24) is 29.2 Å². The number of amides is 1. The van der Waals surface area contributed by atoms with Crippen molar-refractivity contribution in [3.63, 3.8) is 0 Å². The van der Waals surface area contributed by atoms with E-state index in [1.807, 2.05) is 12.1 Å². The van der Waals surface area contributed by atoms with Crippen LogP contribution in [0.4, 0.5) is 13.2 Å². The minimum absolute atomic E-state index is 0.00768. The van der Waals surface area contributed by atoms with Crippen molar-refractivity contribution in [2.75, 3.05) is 20.2 Å². The van der Waals surface area contributed by atoms with E-state index in [9.17, 15) is 31.6 Å². The summed E-state index contributed by atoms with van der Waals surface area (Å²) in [5, 5.41) is 15.0. The van der Waals surface area contributed by atoms with E-state index in [0.717, 1.165) is 5.57 Å². The van der Waals surface area contributed by atoms with Crippen molar-refractivity contribution in [1.29, 1.82) is 5.26 Å². The zero-order valence-corrected chi connectivity index (χ0v) is 22.7. The monoisotopic (exact) mass is 593 g/mol. The molecule has 11 nitrogen and oxygen atoms in total. The van der Waals surface area contributed by atoms with Crippen LogP contribution < -0.4 is 4.72 Å². The third-order valence-electron chi connectivity index (χ3n) is 7.41. The third kappa shape index (κ3) is 4.56. The number of ether oxygens (including phenoxy) is 1. The van der Waals surface area contributed by atoms with Crippen LogP contribution in [-0.4, -0.2) is 70.1 Å². The lowest BCUT2D eigenvalue weighted by molar-refractivity contribution is -0.144. The smallest absolute Gasteiger partial charge is 0.368 e. The maximum Gasteiger partial charge on any atom is 0.445 e. The second-order valence-corrected chi connectivity index (χ2v) is 12.7. The predicted octanol–water partition coefficient (Wildman–Crippen LogP) is 3.00. The van der Waals surface area contributed by atoms with Gasteiger partial charge in [0.1, 0.15) is 11.1 Å². The standard InChI is InChI=1S/C24H22F3N7O4S2/c1-38-23(6-7-23)21(35)33-8-2-14(3-9-33)16-10-15(40(36,37)32-22(13-28)4-5-22)12-34-17(16)11-29-18(34)19-30-31-20(39-19)24(25,26)27/h2,10-12,32H,3-9H2,1H3. The van der Waals surface area contributed by atoms with Crippen molar-refractivity contribution in [3.8, 4) is 16.9 Å². The van der Waals surface area contributed by atoms with Crippen LogP contribution in [-0.2, 0) is 25.7 Å². The van der Waals surface area contributed by atoms with Gasteiger partial charge in [-0.3, -0.25) is 9.20 Å². The number of carbonyl (C=O) groups is 1. The Hall–Kier alpha value is -3.39. The van der Waals surface area contributed by atoms with E-state index in [0.29, 0.717) is 61.1 Å². The Morgan fingerprint density at radius 2 is 2.00 bits per heavy atom. The lowest BCUT2D eigenvalue weighted by atomic mass is 9.99. The van der Waals surface area contributed by atoms with Crippen LogP contribution in [0.5, 0.6) is 0 Å². The number of alkyl halides is 3. The number of rotatable bonds is 7. The maximum absolute atomic E-state index is 13.4. The average molecular weight is 594 g/mol. The summed E-state index contributed by atoms with van der Waals surface area (Å²) >= 11 is 0.295. The summed E-state index contributed by atoms with van der Waals surface area (Å²) in [5.74, 6) is -0.0997. The largest absolute Gasteiger partial charge is 0.445 e. The molecule has 3 aliphatic rings. The number of nitrogens with one attached hydrogen (secondary N) is 1. The van der Waals surface area contributed by atoms with Gasteiger partial charge in [0.05, 0.1) is 22.7 Å². The van der Waals surface area contributed by atoms with Crippen LogP contribution in [0.3, 0.4) is 0 Å². The van der Waals surface area contributed by atoms with E-state index >= 15 is 0 Å². The first-order valence-corrected chi connectivity index (χ1v) is 14.6. The zero-order chi connectivity index (χ0) is 28.5. The number of aromatic nitrogens is 4. The van der Waals surface area contributed by atoms with Crippen LogP contribution in [0.1, 0.15) is 42.7 Å². The minimum atomic E-state index is -4.69. The van der Waals surface area contributed by atoms with E-state index in [1.165, 1.54) is 30.0 Å². The highest BCUT2D eigenvalue weighted by atomic mass is 32.2. The van der Waals surface area contributed by atoms with Crippen LogP contribution in [0.25, 0.3) is 21.9 Å². The summed E-state index contributed by atoms with van der Waals surface area (Å²) in [6.45, 7) is 0.658. The number of halogens is 3. The first-order chi connectivity index (χ1) is 18.9. The molecule has 0 radical (unpaired) electrons. The van der Waals surface area contributed by atoms with Crippen LogP contribution in [0.2, 0.25) is 0 Å². The second-order valence-electron chi connectivity index (χ2n) is 10.1. The van der Waals surface area contributed by atoms with E-state index in [-0.39, 0.29) is 28.2 Å². The molecule has 4 heterocycles. The number of hydrogen-bond donors (Lipinski definition) is 1. The molecule has 2 saturated carbocycles. The van der Waals surface area contributed by atoms with Gasteiger partial charge in [-0.05, 0) is 43.7 Å². The van der Waals surface area contributed by atoms with Gasteiger partial charge >= 0.3 is 6.18 Å². The summed E-state index contributed by atoms with van der Waals surface area (Å²) in [6.07, 6.45) is 2.28. The molecule has 1 aliphatic heterocycles. The van der Waals surface area contributed by atoms with Crippen molar-refractivity contribution < 1.29 is 31.1 Å². The molecule has 0 saturated heterocycles. The quantitative estimate of drug-likeness (QED) is 0.441. The summed E-state index contributed by atoms with van der Waals surface area (Å²) in [4.78, 5) is 18.7. The number of methoxy groups -OCH3 is 1. The summed E-state index contributed by atoms with van der Waals surface area (Å²) in [5.41, 5.74) is -0.272. The Morgan fingerprint density at radius 1 is 1.25 bits per heavy atom. The number of nitriles is 1. The third-order valence-corrected chi connectivity index (χ3v) is 9.87. The summed E-state index contributed by atoms with van der Waals surface area (Å²) in [6, 6.07) is 3.45. The Balaban J connectivity index is 1.43. The molecule has 2 aliphatic carbocycles. The molecule has 1 amide bonds. The van der Waals surface area contributed by atoms with Gasteiger partial charge in [-0.2, -0.15) is 23.2 Å². The molecule has 210 valence electrons. The normalized spacial score (nSPS) is 19.8. The van der Waals surface area contributed by atoms with Crippen molar-refractivity contribution in [2.45, 2.75) is 54.3 Å². The van der Waals surface area contributed by atoms with Gasteiger partial charge in [0.25, 0.3) is 5.91 Å². The van der Waals surface area contributed by atoms with Gasteiger partial charge in [-0.25, -0.2) is 13.4 Å². The molecule has 0 bridgehead atoms. The summed E-state index contributed by atoms with van der Waals surface area (Å²) in [7, 11) is -2.68. The molecule has 2 fully saturated rings. The van der Waals surface area contributed by atoms with Gasteiger partial charge in [0.2, 0.25) is 15.0 Å². The SMILES string of the molecule is COC1(C(=O)N2CC=C(c3cc(S(=O)(=O)NC4(C#N)CC4)cn4c(-c5nnc(C(F)(F)F)s5)ncc34)CC2)CC1. The predicted molar refractivity (Wildman–Crippen MR) is 135 cm³/mol. The Morgan fingerprint density at radius 3 is 2.55 bits per heavy atom. The Labute approximate surface area is 230 Å². The van der Waals surface area contributed by atoms with Crippen molar-refractivity contribution in [2.24, 2.45) is 0 Å². The van der Waals surface area contributed by atoms with Crippen LogP contribution >= 0.6 is 11.3 Å². The average Bonchev–Trinajstić information content (AvgIpc) is 3.78. The van der Waals surface area contributed by atoms with Gasteiger partial charge in [-0.15, -0.1) is 10.2 Å². The molecule has 3 aromatic heterocycles. The van der Waals surface area contributed by atoms with Crippen molar-refractivity contribution in [3.05, 3.63) is 35.1 Å². The van der Waals surface area contributed by atoms with Crippen LogP contribution in [0, 0.1) is 11.3 Å². The number of sulfonamides is 1. The van der Waals surface area contributed by atoms with Gasteiger partial charge in [0.15, 0.2) is 10.8 Å². The number of nitrogens with zero attached hydrogens (tertiary/aromatic N) is 6. The first kappa shape index (κ1) is 26.8. The molecule has 40 heavy (non-hydrogen) atoms. The Bertz CT molecular complexity index is 1710. The van der Waals surface area contributed by atoms with Gasteiger partial charge < -0.3 is 9.64 Å². The zero-order valence-electron chi connectivity index (χ0n) is 21.0. The lowest BCUT2D eigenvalue weighted by Gasteiger charge is -2.30. The number of imidazole rings is 1. The highest BCUT2D eigenvalue weighted by Crippen LogP contribution is 2.42. The van der Waals surface area contributed by atoms with Gasteiger partial charge in [0, 0.05) is 32.0 Å². The molecule has 1 N–H and O–H groups in total. The van der Waals surface area contributed by atoms with Crippen molar-refractivity contribution >= 4 is 38.4 Å². The highest BCUT2D eigenvalue weighted by Gasteiger charge is 2.52. The molecule has 3 aromatic rings. The fourth-order valence-electron chi connectivity index (χ4n) is 4.75.